The van der Waals surface area contributed by atoms with Gasteiger partial charge in [-0.05, 0) is 12.8 Å². The third-order valence-corrected chi connectivity index (χ3v) is 4.40. The molecule has 22 heavy (non-hydrogen) atoms. The zero-order valence-corrected chi connectivity index (χ0v) is 12.1. The van der Waals surface area contributed by atoms with Gasteiger partial charge in [0, 0.05) is 13.1 Å². The second kappa shape index (κ2) is 6.85. The summed E-state index contributed by atoms with van der Waals surface area (Å²) in [6, 6.07) is 0. The quantitative estimate of drug-likeness (QED) is 0.860. The lowest BCUT2D eigenvalue weighted by Crippen LogP contribution is -2.35. The summed E-state index contributed by atoms with van der Waals surface area (Å²) in [5, 5.41) is 8.91. The highest BCUT2D eigenvalue weighted by atomic mass is 19.4. The largest absolute Gasteiger partial charge is 0.481 e. The Morgan fingerprint density at radius 3 is 2.27 bits per heavy atom. The molecule has 5 nitrogen and oxygen atoms in total. The summed E-state index contributed by atoms with van der Waals surface area (Å²) in [4.78, 5) is 23.9. The van der Waals surface area contributed by atoms with E-state index in [1.54, 1.807) is 0 Å². The number of carboxylic acids is 1. The van der Waals surface area contributed by atoms with Gasteiger partial charge in [0.05, 0.1) is 17.9 Å². The Balaban J connectivity index is 1.89. The van der Waals surface area contributed by atoms with Crippen LogP contribution in [0.25, 0.3) is 0 Å². The van der Waals surface area contributed by atoms with Gasteiger partial charge in [-0.2, -0.15) is 13.2 Å². The van der Waals surface area contributed by atoms with Crippen molar-refractivity contribution < 1.29 is 32.6 Å². The lowest BCUT2D eigenvalue weighted by molar-refractivity contribution is -0.188. The third-order valence-electron chi connectivity index (χ3n) is 4.40. The predicted molar refractivity (Wildman–Crippen MR) is 70.1 cm³/mol. The molecule has 0 unspecified atom stereocenters. The number of amides is 1. The maximum absolute atomic E-state index is 12.9. The van der Waals surface area contributed by atoms with E-state index in [0.717, 1.165) is 37.0 Å². The number of carbonyl (C=O) groups is 2. The van der Waals surface area contributed by atoms with Crippen LogP contribution in [0.4, 0.5) is 13.2 Å². The van der Waals surface area contributed by atoms with E-state index in [0.29, 0.717) is 0 Å². The normalized spacial score (nSPS) is 27.1. The van der Waals surface area contributed by atoms with Crippen LogP contribution in [-0.4, -0.2) is 53.9 Å². The minimum absolute atomic E-state index is 0.0195. The van der Waals surface area contributed by atoms with Gasteiger partial charge >= 0.3 is 12.1 Å². The number of hydrogen-bond donors (Lipinski definition) is 1. The van der Waals surface area contributed by atoms with E-state index >= 15 is 0 Å². The molecule has 0 bridgehead atoms. The van der Waals surface area contributed by atoms with Crippen LogP contribution < -0.4 is 0 Å². The molecule has 1 saturated heterocycles. The fraction of sp³-hybridized carbons (Fsp3) is 0.857. The van der Waals surface area contributed by atoms with Crippen LogP contribution in [0.1, 0.15) is 32.1 Å². The fourth-order valence-corrected chi connectivity index (χ4v) is 3.10. The number of carbonyl (C=O) groups excluding carboxylic acids is 1. The first-order chi connectivity index (χ1) is 10.3. The summed E-state index contributed by atoms with van der Waals surface area (Å²) in [7, 11) is 0. The van der Waals surface area contributed by atoms with Gasteiger partial charge in [0.15, 0.2) is 0 Å². The molecule has 0 radical (unpaired) electrons. The highest BCUT2D eigenvalue weighted by Gasteiger charge is 2.53. The number of carboxylic acid groups (broad SMARTS) is 1. The van der Waals surface area contributed by atoms with Gasteiger partial charge in [-0.1, -0.05) is 19.3 Å². The van der Waals surface area contributed by atoms with Crippen LogP contribution in [0, 0.1) is 11.8 Å². The van der Waals surface area contributed by atoms with E-state index in [2.05, 4.69) is 0 Å². The molecule has 0 aromatic rings. The highest BCUT2D eigenvalue weighted by Crippen LogP contribution is 2.37. The summed E-state index contributed by atoms with van der Waals surface area (Å²) in [5.74, 6) is -5.70. The van der Waals surface area contributed by atoms with Crippen molar-refractivity contribution in [2.24, 2.45) is 11.8 Å². The standard InChI is InChI=1S/C14H20F3NO4/c15-14(16,17)11-7-18(6-10(11)13(20)21)12(19)8-22-9-4-2-1-3-5-9/h9-11H,1-8H2,(H,20,21)/t10-,11-/m1/s1. The molecule has 2 atom stereocenters. The van der Waals surface area contributed by atoms with E-state index in [1.807, 2.05) is 0 Å². The van der Waals surface area contributed by atoms with Crippen molar-refractivity contribution in [1.29, 1.82) is 0 Å². The Labute approximate surface area is 126 Å². The molecule has 1 heterocycles. The first-order valence-electron chi connectivity index (χ1n) is 7.48. The smallest absolute Gasteiger partial charge is 0.394 e. The Morgan fingerprint density at radius 1 is 1.14 bits per heavy atom. The molecular weight excluding hydrogens is 303 g/mol. The molecule has 1 saturated carbocycles. The maximum Gasteiger partial charge on any atom is 0.394 e. The van der Waals surface area contributed by atoms with Crippen molar-refractivity contribution in [2.45, 2.75) is 44.4 Å². The Bertz CT molecular complexity index is 421. The first kappa shape index (κ1) is 17.1. The topological polar surface area (TPSA) is 66.8 Å². The van der Waals surface area contributed by atoms with Gasteiger partial charge in [0.25, 0.3) is 0 Å². The lowest BCUT2D eigenvalue weighted by Gasteiger charge is -2.23. The molecule has 2 aliphatic rings. The van der Waals surface area contributed by atoms with Crippen LogP contribution in [-0.2, 0) is 14.3 Å². The van der Waals surface area contributed by atoms with Crippen LogP contribution in [0.2, 0.25) is 0 Å². The molecule has 1 N–H and O–H groups in total. The van der Waals surface area contributed by atoms with Crippen molar-refractivity contribution >= 4 is 11.9 Å². The SMILES string of the molecule is O=C(O)[C@@H]1CN(C(=O)COC2CCCCC2)C[C@H]1C(F)(F)F. The molecule has 0 aromatic carbocycles. The van der Waals surface area contributed by atoms with Gasteiger partial charge in [-0.3, -0.25) is 9.59 Å². The number of ether oxygens (including phenoxy) is 1. The number of alkyl halides is 3. The van der Waals surface area contributed by atoms with Crippen LogP contribution in [0.15, 0.2) is 0 Å². The molecule has 8 heteroatoms. The second-order valence-electron chi connectivity index (χ2n) is 5.96. The lowest BCUT2D eigenvalue weighted by atomic mass is 9.96. The molecule has 2 fully saturated rings. The van der Waals surface area contributed by atoms with E-state index in [1.165, 1.54) is 0 Å². The average molecular weight is 323 g/mol. The number of hydrogen-bond acceptors (Lipinski definition) is 3. The highest BCUT2D eigenvalue weighted by molar-refractivity contribution is 5.80. The minimum Gasteiger partial charge on any atom is -0.481 e. The Hall–Kier alpha value is -1.31. The summed E-state index contributed by atoms with van der Waals surface area (Å²) < 4.78 is 44.0. The molecule has 0 spiro atoms. The summed E-state index contributed by atoms with van der Waals surface area (Å²) >= 11 is 0. The first-order valence-corrected chi connectivity index (χ1v) is 7.48. The fourth-order valence-electron chi connectivity index (χ4n) is 3.10. The Kier molecular flexibility index (Phi) is 5.31. The van der Waals surface area contributed by atoms with E-state index in [9.17, 15) is 22.8 Å². The van der Waals surface area contributed by atoms with Gasteiger partial charge in [0.2, 0.25) is 5.91 Å². The van der Waals surface area contributed by atoms with Crippen LogP contribution in [0.5, 0.6) is 0 Å². The van der Waals surface area contributed by atoms with Crippen molar-refractivity contribution in [2.75, 3.05) is 19.7 Å². The van der Waals surface area contributed by atoms with Gasteiger partial charge in [-0.25, -0.2) is 0 Å². The van der Waals surface area contributed by atoms with Crippen molar-refractivity contribution in [1.82, 2.24) is 4.90 Å². The number of halogens is 3. The minimum atomic E-state index is -4.62. The number of nitrogens with zero attached hydrogens (tertiary/aromatic N) is 1. The second-order valence-corrected chi connectivity index (χ2v) is 5.96. The summed E-state index contributed by atoms with van der Waals surface area (Å²) in [5.41, 5.74) is 0. The number of aliphatic carboxylic acids is 1. The molecule has 2 rings (SSSR count). The van der Waals surface area contributed by atoms with Gasteiger partial charge in [0.1, 0.15) is 6.61 Å². The zero-order chi connectivity index (χ0) is 16.3. The van der Waals surface area contributed by atoms with E-state index in [-0.39, 0.29) is 12.7 Å². The van der Waals surface area contributed by atoms with Crippen molar-refractivity contribution in [3.05, 3.63) is 0 Å². The third kappa shape index (κ3) is 4.12. The Morgan fingerprint density at radius 2 is 1.77 bits per heavy atom. The average Bonchev–Trinajstić information content (AvgIpc) is 2.91. The van der Waals surface area contributed by atoms with Crippen molar-refractivity contribution in [3.8, 4) is 0 Å². The van der Waals surface area contributed by atoms with E-state index in [4.69, 9.17) is 9.84 Å². The van der Waals surface area contributed by atoms with Crippen molar-refractivity contribution in [3.63, 3.8) is 0 Å². The molecule has 126 valence electrons. The molecule has 1 aliphatic heterocycles. The molecular formula is C14H20F3NO4. The van der Waals surface area contributed by atoms with Gasteiger partial charge < -0.3 is 14.7 Å². The summed E-state index contributed by atoms with van der Waals surface area (Å²) in [6.07, 6.45) is 0.260. The summed E-state index contributed by atoms with van der Waals surface area (Å²) in [6.45, 7) is -1.29. The number of likely N-dealkylation sites (tertiary alicyclic amines) is 1. The molecule has 1 aliphatic carbocycles. The zero-order valence-electron chi connectivity index (χ0n) is 12.1. The monoisotopic (exact) mass is 323 g/mol. The van der Waals surface area contributed by atoms with Gasteiger partial charge in [-0.15, -0.1) is 0 Å². The van der Waals surface area contributed by atoms with E-state index < -0.39 is 43.0 Å². The molecule has 0 aromatic heterocycles. The molecule has 1 amide bonds. The predicted octanol–water partition coefficient (Wildman–Crippen LogP) is 2.06. The number of rotatable bonds is 4. The van der Waals surface area contributed by atoms with Crippen LogP contribution >= 0.6 is 0 Å². The maximum atomic E-state index is 12.9. The van der Waals surface area contributed by atoms with Crippen LogP contribution in [0.3, 0.4) is 0 Å².